The first-order valence-corrected chi connectivity index (χ1v) is 11.7. The van der Waals surface area contributed by atoms with Crippen LogP contribution < -0.4 is 10.6 Å². The summed E-state index contributed by atoms with van der Waals surface area (Å²) in [5, 5.41) is 14.1. The summed E-state index contributed by atoms with van der Waals surface area (Å²) in [5.74, 6) is -1.23. The Morgan fingerprint density at radius 2 is 1.79 bits per heavy atom. The molecule has 33 heavy (non-hydrogen) atoms. The monoisotopic (exact) mass is 483 g/mol. The maximum atomic E-state index is 13.0. The lowest BCUT2D eigenvalue weighted by molar-refractivity contribution is -0.121. The number of benzene rings is 2. The summed E-state index contributed by atoms with van der Waals surface area (Å²) in [6, 6.07) is 14.3. The van der Waals surface area contributed by atoms with E-state index in [2.05, 4.69) is 20.8 Å². The molecule has 2 heterocycles. The molecule has 0 bridgehead atoms. The zero-order chi connectivity index (χ0) is 23.4. The average Bonchev–Trinajstić information content (AvgIpc) is 3.31. The molecule has 1 aliphatic heterocycles. The van der Waals surface area contributed by atoms with Crippen LogP contribution >= 0.6 is 22.9 Å². The van der Waals surface area contributed by atoms with Crippen LogP contribution in [0, 0.1) is 12.8 Å². The van der Waals surface area contributed by atoms with Crippen LogP contribution in [0.1, 0.15) is 38.0 Å². The molecule has 2 aromatic carbocycles. The number of halogens is 1. The molecule has 0 saturated carbocycles. The molecule has 2 N–H and O–H groups in total. The summed E-state index contributed by atoms with van der Waals surface area (Å²) in [7, 11) is 0. The molecule has 0 spiro atoms. The van der Waals surface area contributed by atoms with Gasteiger partial charge < -0.3 is 15.5 Å². The fourth-order valence-electron chi connectivity index (χ4n) is 3.54. The Hall–Kier alpha value is -3.30. The van der Waals surface area contributed by atoms with Gasteiger partial charge in [0.15, 0.2) is 0 Å². The minimum atomic E-state index is -0.470. The highest BCUT2D eigenvalue weighted by Crippen LogP contribution is 2.23. The Balaban J connectivity index is 1.37. The summed E-state index contributed by atoms with van der Waals surface area (Å²) >= 11 is 6.86. The second kappa shape index (κ2) is 10.1. The molecule has 3 amide bonds. The van der Waals surface area contributed by atoms with E-state index in [1.54, 1.807) is 29.2 Å². The van der Waals surface area contributed by atoms with E-state index in [-0.39, 0.29) is 27.7 Å². The van der Waals surface area contributed by atoms with Gasteiger partial charge in [0.25, 0.3) is 11.8 Å². The number of aryl methyl sites for hydroxylation is 1. The SMILES string of the molecule is Cc1ccc(NC(=O)[C@@H]2CCCN(C(=O)c3nnc(C(=O)Nc4cccc(Cl)c4)s3)C2)cc1. The Kier molecular flexibility index (Phi) is 7.00. The van der Waals surface area contributed by atoms with Crippen molar-refractivity contribution in [2.45, 2.75) is 19.8 Å². The summed E-state index contributed by atoms with van der Waals surface area (Å²) in [6.45, 7) is 2.80. The largest absolute Gasteiger partial charge is 0.336 e. The zero-order valence-electron chi connectivity index (χ0n) is 17.9. The highest BCUT2D eigenvalue weighted by molar-refractivity contribution is 7.15. The van der Waals surface area contributed by atoms with Crippen molar-refractivity contribution < 1.29 is 14.4 Å². The van der Waals surface area contributed by atoms with Crippen molar-refractivity contribution in [1.29, 1.82) is 0 Å². The number of likely N-dealkylation sites (tertiary alicyclic amines) is 1. The van der Waals surface area contributed by atoms with Crippen molar-refractivity contribution in [3.05, 3.63) is 69.1 Å². The van der Waals surface area contributed by atoms with Crippen LogP contribution in [-0.4, -0.2) is 45.9 Å². The second-order valence-electron chi connectivity index (χ2n) is 7.82. The first kappa shape index (κ1) is 22.9. The van der Waals surface area contributed by atoms with Crippen molar-refractivity contribution in [1.82, 2.24) is 15.1 Å². The lowest BCUT2D eigenvalue weighted by Crippen LogP contribution is -2.43. The van der Waals surface area contributed by atoms with Gasteiger partial charge in [0, 0.05) is 29.5 Å². The van der Waals surface area contributed by atoms with Gasteiger partial charge >= 0.3 is 0 Å². The first-order valence-electron chi connectivity index (χ1n) is 10.5. The van der Waals surface area contributed by atoms with Crippen LogP contribution in [0.25, 0.3) is 0 Å². The summed E-state index contributed by atoms with van der Waals surface area (Å²) in [5.41, 5.74) is 2.36. The quantitative estimate of drug-likeness (QED) is 0.564. The normalized spacial score (nSPS) is 15.7. The molecular formula is C23H22ClN5O3S. The number of carbonyl (C=O) groups excluding carboxylic acids is 3. The number of carbonyl (C=O) groups is 3. The maximum absolute atomic E-state index is 13.0. The van der Waals surface area contributed by atoms with Gasteiger partial charge in [0.05, 0.1) is 5.92 Å². The summed E-state index contributed by atoms with van der Waals surface area (Å²) in [6.07, 6.45) is 1.41. The van der Waals surface area contributed by atoms with Crippen molar-refractivity contribution in [2.24, 2.45) is 5.92 Å². The number of amides is 3. The number of anilines is 2. The van der Waals surface area contributed by atoms with Gasteiger partial charge in [-0.25, -0.2) is 0 Å². The van der Waals surface area contributed by atoms with Crippen LogP contribution in [0.2, 0.25) is 5.02 Å². The standard InChI is InChI=1S/C23H22ClN5O3S/c1-14-7-9-17(10-8-14)25-19(30)15-4-3-11-29(13-15)23(32)22-28-27-21(33-22)20(31)26-18-6-2-5-16(24)12-18/h2,5-10,12,15H,3-4,11,13H2,1H3,(H,25,30)(H,26,31)/t15-/m1/s1. The lowest BCUT2D eigenvalue weighted by atomic mass is 9.97. The van der Waals surface area contributed by atoms with Gasteiger partial charge in [0.2, 0.25) is 15.9 Å². The second-order valence-corrected chi connectivity index (χ2v) is 9.24. The van der Waals surface area contributed by atoms with E-state index in [9.17, 15) is 14.4 Å². The number of hydrogen-bond acceptors (Lipinski definition) is 6. The third-order valence-electron chi connectivity index (χ3n) is 5.28. The molecule has 1 saturated heterocycles. The van der Waals surface area contributed by atoms with E-state index >= 15 is 0 Å². The van der Waals surface area contributed by atoms with Crippen LogP contribution in [0.15, 0.2) is 48.5 Å². The van der Waals surface area contributed by atoms with Gasteiger partial charge in [-0.15, -0.1) is 10.2 Å². The van der Waals surface area contributed by atoms with Crippen LogP contribution in [-0.2, 0) is 4.79 Å². The fourth-order valence-corrected chi connectivity index (χ4v) is 4.44. The molecule has 1 aliphatic rings. The Bertz CT molecular complexity index is 1180. The van der Waals surface area contributed by atoms with Gasteiger partial charge in [-0.2, -0.15) is 0 Å². The predicted molar refractivity (Wildman–Crippen MR) is 128 cm³/mol. The van der Waals surface area contributed by atoms with Gasteiger partial charge in [-0.05, 0) is 50.1 Å². The number of rotatable bonds is 5. The lowest BCUT2D eigenvalue weighted by Gasteiger charge is -2.31. The minimum absolute atomic E-state index is 0.0731. The molecule has 8 nitrogen and oxygen atoms in total. The fraction of sp³-hybridized carbons (Fsp3) is 0.261. The molecule has 1 fully saturated rings. The van der Waals surface area contributed by atoms with E-state index in [0.717, 1.165) is 22.6 Å². The summed E-state index contributed by atoms with van der Waals surface area (Å²) < 4.78 is 0. The van der Waals surface area contributed by atoms with E-state index in [1.165, 1.54) is 0 Å². The molecular weight excluding hydrogens is 462 g/mol. The minimum Gasteiger partial charge on any atom is -0.336 e. The first-order chi connectivity index (χ1) is 15.9. The highest BCUT2D eigenvalue weighted by atomic mass is 35.5. The van der Waals surface area contributed by atoms with Gasteiger partial charge in [0.1, 0.15) is 0 Å². The molecule has 10 heteroatoms. The molecule has 170 valence electrons. The Morgan fingerprint density at radius 3 is 2.55 bits per heavy atom. The van der Waals surface area contributed by atoms with Crippen LogP contribution in [0.4, 0.5) is 11.4 Å². The van der Waals surface area contributed by atoms with Gasteiger partial charge in [-0.3, -0.25) is 14.4 Å². The number of nitrogens with one attached hydrogen (secondary N) is 2. The van der Waals surface area contributed by atoms with E-state index in [0.29, 0.717) is 36.6 Å². The smallest absolute Gasteiger partial charge is 0.286 e. The van der Waals surface area contributed by atoms with Crippen molar-refractivity contribution >= 4 is 52.0 Å². The van der Waals surface area contributed by atoms with Crippen molar-refractivity contribution in [2.75, 3.05) is 23.7 Å². The Morgan fingerprint density at radius 1 is 1.03 bits per heavy atom. The van der Waals surface area contributed by atoms with Crippen molar-refractivity contribution in [3.8, 4) is 0 Å². The molecule has 0 radical (unpaired) electrons. The summed E-state index contributed by atoms with van der Waals surface area (Å²) in [4.78, 5) is 39.7. The molecule has 0 aliphatic carbocycles. The van der Waals surface area contributed by atoms with Gasteiger partial charge in [-0.1, -0.05) is 46.7 Å². The molecule has 4 rings (SSSR count). The zero-order valence-corrected chi connectivity index (χ0v) is 19.4. The van der Waals surface area contributed by atoms with Crippen molar-refractivity contribution in [3.63, 3.8) is 0 Å². The topological polar surface area (TPSA) is 104 Å². The number of piperidine rings is 1. The van der Waals surface area contributed by atoms with E-state index < -0.39 is 5.91 Å². The molecule has 3 aromatic rings. The van der Waals surface area contributed by atoms with E-state index in [1.807, 2.05) is 31.2 Å². The maximum Gasteiger partial charge on any atom is 0.286 e. The number of nitrogens with zero attached hydrogens (tertiary/aromatic N) is 3. The van der Waals surface area contributed by atoms with Crippen LogP contribution in [0.5, 0.6) is 0 Å². The molecule has 1 atom stereocenters. The number of aromatic nitrogens is 2. The predicted octanol–water partition coefficient (Wildman–Crippen LogP) is 4.24. The third kappa shape index (κ3) is 5.74. The van der Waals surface area contributed by atoms with E-state index in [4.69, 9.17) is 11.6 Å². The molecule has 0 unspecified atom stereocenters. The molecule has 1 aromatic heterocycles. The highest BCUT2D eigenvalue weighted by Gasteiger charge is 2.31. The average molecular weight is 484 g/mol. The van der Waals surface area contributed by atoms with Crippen LogP contribution in [0.3, 0.4) is 0 Å². The third-order valence-corrected chi connectivity index (χ3v) is 6.43. The Labute approximate surface area is 200 Å². The number of hydrogen-bond donors (Lipinski definition) is 2.